The molecule has 138 valence electrons. The zero-order valence-corrected chi connectivity index (χ0v) is 15.1. The summed E-state index contributed by atoms with van der Waals surface area (Å²) in [4.78, 5) is 14.3. The minimum Gasteiger partial charge on any atom is -0.493 e. The first-order valence-corrected chi connectivity index (χ1v) is 9.25. The fraction of sp³-hybridized carbons (Fsp3) is 0.550. The van der Waals surface area contributed by atoms with Crippen LogP contribution >= 0.6 is 0 Å². The van der Waals surface area contributed by atoms with E-state index in [1.165, 1.54) is 11.1 Å². The van der Waals surface area contributed by atoms with Gasteiger partial charge < -0.3 is 24.8 Å². The van der Waals surface area contributed by atoms with Crippen molar-refractivity contribution in [2.75, 3.05) is 27.2 Å². The normalized spacial score (nSPS) is 36.3. The Morgan fingerprint density at radius 2 is 2.27 bits per heavy atom. The molecule has 1 spiro atoms. The summed E-state index contributed by atoms with van der Waals surface area (Å²) in [5, 5.41) is 0. The third-order valence-electron chi connectivity index (χ3n) is 6.77. The van der Waals surface area contributed by atoms with E-state index in [2.05, 4.69) is 24.1 Å². The predicted octanol–water partition coefficient (Wildman–Crippen LogP) is 1.01. The number of methoxy groups -OCH3 is 1. The number of likely N-dealkylation sites (tertiary alicyclic amines) is 1. The van der Waals surface area contributed by atoms with E-state index in [1.54, 1.807) is 7.11 Å². The van der Waals surface area contributed by atoms with Gasteiger partial charge in [0.2, 0.25) is 0 Å². The molecule has 1 aromatic rings. The number of esters is 1. The molecule has 5 rings (SSSR count). The molecule has 0 unspecified atom stereocenters. The molecule has 0 amide bonds. The van der Waals surface area contributed by atoms with Crippen LogP contribution in [0, 0.1) is 5.92 Å². The third kappa shape index (κ3) is 1.86. The maximum atomic E-state index is 11.9. The molecule has 0 aromatic heterocycles. The number of ether oxygens (including phenoxy) is 3. The van der Waals surface area contributed by atoms with E-state index >= 15 is 0 Å². The van der Waals surface area contributed by atoms with E-state index in [0.29, 0.717) is 12.0 Å². The molecule has 26 heavy (non-hydrogen) atoms. The van der Waals surface area contributed by atoms with Crippen molar-refractivity contribution >= 4 is 5.97 Å². The first-order chi connectivity index (χ1) is 12.6. The van der Waals surface area contributed by atoms with Gasteiger partial charge in [-0.3, -0.25) is 4.79 Å². The van der Waals surface area contributed by atoms with Crippen LogP contribution in [0.2, 0.25) is 0 Å². The number of carbonyl (C=O) groups is 1. The summed E-state index contributed by atoms with van der Waals surface area (Å²) < 4.78 is 17.7. The molecule has 2 aliphatic carbocycles. The Labute approximate surface area is 152 Å². The lowest BCUT2D eigenvalue weighted by atomic mass is 9.53. The van der Waals surface area contributed by atoms with Gasteiger partial charge in [-0.25, -0.2) is 0 Å². The number of nitrogens with zero attached hydrogens (tertiary/aromatic N) is 1. The molecule has 6 heteroatoms. The van der Waals surface area contributed by atoms with Crippen molar-refractivity contribution in [3.05, 3.63) is 35.4 Å². The molecule has 5 atom stereocenters. The van der Waals surface area contributed by atoms with Gasteiger partial charge >= 0.3 is 5.97 Å². The molecule has 1 aromatic carbocycles. The Kier molecular flexibility index (Phi) is 3.40. The minimum absolute atomic E-state index is 0.125. The summed E-state index contributed by atoms with van der Waals surface area (Å²) in [5.41, 5.74) is 7.91. The number of benzene rings is 1. The standard InChI is InChI=1S/C20H24N2O4/c1-22-8-7-20-12-4-6-15(25-16(23)10-21)19(20)26-18-14(24-2)5-3-11(17(18)20)9-13(12)22/h3-6,12-13,15,19H,7-10,21H2,1-2H3/t12-,13+,15-,19-,20-/m0/s1. The van der Waals surface area contributed by atoms with Gasteiger partial charge in [0.15, 0.2) is 17.6 Å². The molecular formula is C20H24N2O4. The van der Waals surface area contributed by atoms with Crippen LogP contribution in [0.15, 0.2) is 24.3 Å². The van der Waals surface area contributed by atoms with Crippen LogP contribution in [-0.4, -0.2) is 56.4 Å². The van der Waals surface area contributed by atoms with E-state index in [4.69, 9.17) is 19.9 Å². The molecule has 2 bridgehead atoms. The average Bonchev–Trinajstić information content (AvgIpc) is 3.00. The van der Waals surface area contributed by atoms with Gasteiger partial charge in [0.05, 0.1) is 13.7 Å². The Balaban J connectivity index is 1.70. The van der Waals surface area contributed by atoms with Crippen molar-refractivity contribution in [3.8, 4) is 11.5 Å². The van der Waals surface area contributed by atoms with Crippen molar-refractivity contribution in [3.63, 3.8) is 0 Å². The molecule has 0 radical (unpaired) electrons. The number of rotatable bonds is 3. The largest absolute Gasteiger partial charge is 0.493 e. The van der Waals surface area contributed by atoms with Crippen LogP contribution in [0.25, 0.3) is 0 Å². The summed E-state index contributed by atoms with van der Waals surface area (Å²) in [6, 6.07) is 4.60. The lowest BCUT2D eigenvalue weighted by Crippen LogP contribution is -2.65. The molecule has 0 saturated carbocycles. The Morgan fingerprint density at radius 1 is 1.42 bits per heavy atom. The fourth-order valence-corrected chi connectivity index (χ4v) is 5.67. The number of nitrogens with two attached hydrogens (primary N) is 1. The second kappa shape index (κ2) is 5.47. The molecule has 2 aliphatic heterocycles. The van der Waals surface area contributed by atoms with E-state index in [0.717, 1.165) is 30.9 Å². The molecule has 6 nitrogen and oxygen atoms in total. The van der Waals surface area contributed by atoms with Crippen LogP contribution < -0.4 is 15.2 Å². The second-order valence-electron chi connectivity index (χ2n) is 7.78. The number of hydrogen-bond donors (Lipinski definition) is 1. The van der Waals surface area contributed by atoms with Crippen LogP contribution in [0.3, 0.4) is 0 Å². The average molecular weight is 356 g/mol. The molecular weight excluding hydrogens is 332 g/mol. The molecule has 2 heterocycles. The van der Waals surface area contributed by atoms with E-state index in [-0.39, 0.29) is 18.1 Å². The third-order valence-corrected chi connectivity index (χ3v) is 6.77. The quantitative estimate of drug-likeness (QED) is 0.644. The number of piperidine rings is 1. The second-order valence-corrected chi connectivity index (χ2v) is 7.78. The lowest BCUT2D eigenvalue weighted by molar-refractivity contribution is -0.153. The highest BCUT2D eigenvalue weighted by molar-refractivity contribution is 5.72. The highest BCUT2D eigenvalue weighted by atomic mass is 16.6. The van der Waals surface area contributed by atoms with Gasteiger partial charge in [0, 0.05) is 22.9 Å². The molecule has 1 fully saturated rings. The maximum Gasteiger partial charge on any atom is 0.320 e. The van der Waals surface area contributed by atoms with Crippen molar-refractivity contribution in [2.45, 2.75) is 36.5 Å². The number of carbonyl (C=O) groups excluding carboxylic acids is 1. The first-order valence-electron chi connectivity index (χ1n) is 9.25. The Bertz CT molecular complexity index is 807. The SMILES string of the molecule is COc1ccc2c3c1O[C@H]1[C@@H](OC(=O)CN)C=C[C@H]4[C@@H](C2)N(C)CC[C@@]341. The van der Waals surface area contributed by atoms with E-state index in [9.17, 15) is 4.79 Å². The smallest absolute Gasteiger partial charge is 0.320 e. The number of likely N-dealkylation sites (N-methyl/N-ethyl adjacent to an activating group) is 1. The van der Waals surface area contributed by atoms with Crippen LogP contribution in [0.5, 0.6) is 11.5 Å². The van der Waals surface area contributed by atoms with Gasteiger partial charge in [-0.2, -0.15) is 0 Å². The lowest BCUT2D eigenvalue weighted by Gasteiger charge is -2.56. The summed E-state index contributed by atoms with van der Waals surface area (Å²) in [7, 11) is 3.87. The van der Waals surface area contributed by atoms with E-state index in [1.807, 2.05) is 12.1 Å². The maximum absolute atomic E-state index is 11.9. The predicted molar refractivity (Wildman–Crippen MR) is 95.4 cm³/mol. The minimum atomic E-state index is -0.422. The zero-order valence-electron chi connectivity index (χ0n) is 15.1. The highest BCUT2D eigenvalue weighted by Crippen LogP contribution is 2.62. The van der Waals surface area contributed by atoms with Crippen molar-refractivity contribution < 1.29 is 19.0 Å². The van der Waals surface area contributed by atoms with Gasteiger partial charge in [-0.1, -0.05) is 12.1 Å². The van der Waals surface area contributed by atoms with Gasteiger partial charge in [-0.15, -0.1) is 0 Å². The highest BCUT2D eigenvalue weighted by Gasteiger charge is 2.65. The monoisotopic (exact) mass is 356 g/mol. The van der Waals surface area contributed by atoms with Crippen molar-refractivity contribution in [2.24, 2.45) is 11.7 Å². The van der Waals surface area contributed by atoms with E-state index < -0.39 is 12.1 Å². The van der Waals surface area contributed by atoms with Gasteiger partial charge in [0.25, 0.3) is 0 Å². The fourth-order valence-electron chi connectivity index (χ4n) is 5.67. The molecule has 4 aliphatic rings. The van der Waals surface area contributed by atoms with Gasteiger partial charge in [-0.05, 0) is 44.1 Å². The summed E-state index contributed by atoms with van der Waals surface area (Å²) in [6.07, 6.45) is 5.57. The first kappa shape index (κ1) is 16.1. The van der Waals surface area contributed by atoms with Crippen LogP contribution in [-0.2, 0) is 21.4 Å². The van der Waals surface area contributed by atoms with Crippen LogP contribution in [0.1, 0.15) is 17.5 Å². The topological polar surface area (TPSA) is 74.0 Å². The summed E-state index contributed by atoms with van der Waals surface area (Å²) >= 11 is 0. The number of hydrogen-bond acceptors (Lipinski definition) is 6. The Hall–Kier alpha value is -2.05. The summed E-state index contributed by atoms with van der Waals surface area (Å²) in [5.74, 6) is 1.54. The molecule has 1 saturated heterocycles. The molecule has 2 N–H and O–H groups in total. The van der Waals surface area contributed by atoms with Crippen molar-refractivity contribution in [1.82, 2.24) is 4.90 Å². The Morgan fingerprint density at radius 3 is 3.04 bits per heavy atom. The van der Waals surface area contributed by atoms with Gasteiger partial charge in [0.1, 0.15) is 6.10 Å². The van der Waals surface area contributed by atoms with Crippen molar-refractivity contribution in [1.29, 1.82) is 0 Å². The van der Waals surface area contributed by atoms with Crippen LogP contribution in [0.4, 0.5) is 0 Å². The summed E-state index contributed by atoms with van der Waals surface area (Å²) in [6.45, 7) is 0.878. The zero-order chi connectivity index (χ0) is 18.1.